The Balaban J connectivity index is 1.96. The molecule has 0 spiro atoms. The van der Waals surface area contributed by atoms with E-state index >= 15 is 0 Å². The van der Waals surface area contributed by atoms with Crippen LogP contribution in [0, 0.1) is 0 Å². The summed E-state index contributed by atoms with van der Waals surface area (Å²) in [7, 11) is -3.74. The van der Waals surface area contributed by atoms with Gasteiger partial charge in [0.25, 0.3) is 10.0 Å². The Bertz CT molecular complexity index is 889. The number of urea groups is 1. The van der Waals surface area contributed by atoms with Gasteiger partial charge < -0.3 is 15.4 Å². The predicted octanol–water partition coefficient (Wildman–Crippen LogP) is 2.13. The van der Waals surface area contributed by atoms with Crippen LogP contribution in [0.15, 0.2) is 65.6 Å². The van der Waals surface area contributed by atoms with Crippen molar-refractivity contribution >= 4 is 27.7 Å². The van der Waals surface area contributed by atoms with Crippen LogP contribution < -0.4 is 14.9 Å². The van der Waals surface area contributed by atoms with Crippen LogP contribution >= 0.6 is 0 Å². The molecule has 2 amide bonds. The minimum absolute atomic E-state index is 0.180. The van der Waals surface area contributed by atoms with Gasteiger partial charge in [-0.05, 0) is 37.6 Å². The van der Waals surface area contributed by atoms with Crippen molar-refractivity contribution in [3.63, 3.8) is 0 Å². The van der Waals surface area contributed by atoms with Crippen molar-refractivity contribution in [2.75, 3.05) is 30.5 Å². The van der Waals surface area contributed by atoms with E-state index in [1.54, 1.807) is 61.5 Å². The van der Waals surface area contributed by atoms with Crippen LogP contribution in [-0.2, 0) is 19.6 Å². The maximum Gasteiger partial charge on any atom is 0.325 e. The minimum atomic E-state index is -3.74. The van der Waals surface area contributed by atoms with E-state index in [0.717, 1.165) is 0 Å². The summed E-state index contributed by atoms with van der Waals surface area (Å²) in [5.41, 5.74) is 0.545. The Kier molecular flexibility index (Phi) is 8.47. The fourth-order valence-corrected chi connectivity index (χ4v) is 4.08. The van der Waals surface area contributed by atoms with Gasteiger partial charge in [0.2, 0.25) is 0 Å². The minimum Gasteiger partial charge on any atom is -0.465 e. The molecule has 156 valence electrons. The number of nitrogens with one attached hydrogen (secondary N) is 2. The zero-order valence-corrected chi connectivity index (χ0v) is 17.0. The van der Waals surface area contributed by atoms with Crippen LogP contribution in [-0.4, -0.2) is 46.7 Å². The topological polar surface area (TPSA) is 105 Å². The van der Waals surface area contributed by atoms with Crippen LogP contribution in [0.1, 0.15) is 13.3 Å². The third kappa shape index (κ3) is 6.79. The van der Waals surface area contributed by atoms with Crippen LogP contribution in [0.2, 0.25) is 0 Å². The molecule has 0 aliphatic carbocycles. The number of hydrogen-bond donors (Lipinski definition) is 2. The summed E-state index contributed by atoms with van der Waals surface area (Å²) in [4.78, 5) is 23.2. The van der Waals surface area contributed by atoms with Gasteiger partial charge in [0.05, 0.1) is 17.2 Å². The molecule has 0 unspecified atom stereocenters. The second-order valence-corrected chi connectivity index (χ2v) is 7.86. The Labute approximate surface area is 170 Å². The number of hydrogen-bond acceptors (Lipinski definition) is 5. The molecule has 0 aliphatic rings. The molecule has 0 fully saturated rings. The molecule has 2 aromatic carbocycles. The average Bonchev–Trinajstić information content (AvgIpc) is 2.73. The van der Waals surface area contributed by atoms with Gasteiger partial charge in [-0.1, -0.05) is 36.4 Å². The van der Waals surface area contributed by atoms with Crippen LogP contribution in [0.25, 0.3) is 0 Å². The Morgan fingerprint density at radius 3 is 2.21 bits per heavy atom. The first-order chi connectivity index (χ1) is 13.9. The van der Waals surface area contributed by atoms with Gasteiger partial charge in [0.1, 0.15) is 6.54 Å². The molecule has 2 N–H and O–H groups in total. The maximum atomic E-state index is 13.1. The number of ether oxygens (including phenoxy) is 1. The molecule has 0 saturated heterocycles. The second kappa shape index (κ2) is 11.1. The number of para-hydroxylation sites is 1. The molecule has 0 atom stereocenters. The number of carbonyl (C=O) groups is 2. The summed E-state index contributed by atoms with van der Waals surface area (Å²) in [6, 6.07) is 16.5. The first-order valence-corrected chi connectivity index (χ1v) is 10.7. The normalized spacial score (nSPS) is 10.8. The van der Waals surface area contributed by atoms with E-state index in [4.69, 9.17) is 4.74 Å². The zero-order chi connectivity index (χ0) is 21.1. The van der Waals surface area contributed by atoms with Gasteiger partial charge in [0, 0.05) is 13.1 Å². The molecule has 0 saturated carbocycles. The highest BCUT2D eigenvalue weighted by Gasteiger charge is 2.24. The van der Waals surface area contributed by atoms with Gasteiger partial charge in [-0.2, -0.15) is 0 Å². The Hall–Kier alpha value is -3.07. The average molecular weight is 420 g/mol. The SMILES string of the molecule is CCOC(=O)CNC(=O)NCCCN(c1ccccc1)S(=O)(=O)c1ccccc1. The van der Waals surface area contributed by atoms with Crippen molar-refractivity contribution in [1.29, 1.82) is 0 Å². The summed E-state index contributed by atoms with van der Waals surface area (Å²) < 4.78 is 32.2. The van der Waals surface area contributed by atoms with Crippen molar-refractivity contribution in [2.45, 2.75) is 18.2 Å². The molecular weight excluding hydrogens is 394 g/mol. The molecule has 2 rings (SSSR count). The van der Waals surface area contributed by atoms with Crippen LogP contribution in [0.3, 0.4) is 0 Å². The fourth-order valence-electron chi connectivity index (χ4n) is 2.55. The first kappa shape index (κ1) is 22.2. The van der Waals surface area contributed by atoms with Crippen LogP contribution in [0.5, 0.6) is 0 Å². The van der Waals surface area contributed by atoms with E-state index in [9.17, 15) is 18.0 Å². The number of nitrogens with zero attached hydrogens (tertiary/aromatic N) is 1. The molecule has 0 bridgehead atoms. The predicted molar refractivity (Wildman–Crippen MR) is 110 cm³/mol. The molecular formula is C20H25N3O5S. The zero-order valence-electron chi connectivity index (χ0n) is 16.2. The number of rotatable bonds is 10. The molecule has 8 nitrogen and oxygen atoms in total. The van der Waals surface area contributed by atoms with Gasteiger partial charge in [-0.25, -0.2) is 13.2 Å². The van der Waals surface area contributed by atoms with E-state index in [0.29, 0.717) is 12.1 Å². The molecule has 0 aromatic heterocycles. The van der Waals surface area contributed by atoms with E-state index in [-0.39, 0.29) is 31.1 Å². The van der Waals surface area contributed by atoms with Crippen molar-refractivity contribution in [1.82, 2.24) is 10.6 Å². The van der Waals surface area contributed by atoms with E-state index in [2.05, 4.69) is 10.6 Å². The third-order valence-corrected chi connectivity index (χ3v) is 5.74. The standard InChI is InChI=1S/C20H25N3O5S/c1-2-28-19(24)16-22-20(25)21-14-9-15-23(17-10-5-3-6-11-17)29(26,27)18-12-7-4-8-13-18/h3-8,10-13H,2,9,14-16H2,1H3,(H2,21,22,25). The lowest BCUT2D eigenvalue weighted by molar-refractivity contribution is -0.141. The van der Waals surface area contributed by atoms with Gasteiger partial charge in [-0.3, -0.25) is 9.10 Å². The second-order valence-electron chi connectivity index (χ2n) is 5.99. The van der Waals surface area contributed by atoms with Gasteiger partial charge in [-0.15, -0.1) is 0 Å². The quantitative estimate of drug-likeness (QED) is 0.453. The lowest BCUT2D eigenvalue weighted by Gasteiger charge is -2.24. The number of carbonyl (C=O) groups excluding carboxylic acids is 2. The summed E-state index contributed by atoms with van der Waals surface area (Å²) in [5, 5.41) is 4.99. The number of benzene rings is 2. The van der Waals surface area contributed by atoms with Crippen LogP contribution in [0.4, 0.5) is 10.5 Å². The molecule has 0 aliphatic heterocycles. The highest BCUT2D eigenvalue weighted by atomic mass is 32.2. The summed E-state index contributed by atoms with van der Waals surface area (Å²) >= 11 is 0. The summed E-state index contributed by atoms with van der Waals surface area (Å²) in [5.74, 6) is -0.521. The van der Waals surface area contributed by atoms with Crippen molar-refractivity contribution < 1.29 is 22.7 Å². The highest BCUT2D eigenvalue weighted by molar-refractivity contribution is 7.92. The van der Waals surface area contributed by atoms with Crippen molar-refractivity contribution in [3.8, 4) is 0 Å². The van der Waals surface area contributed by atoms with Gasteiger partial charge >= 0.3 is 12.0 Å². The Morgan fingerprint density at radius 2 is 1.59 bits per heavy atom. The monoisotopic (exact) mass is 419 g/mol. The molecule has 0 radical (unpaired) electrons. The summed E-state index contributed by atoms with van der Waals surface area (Å²) in [6.07, 6.45) is 0.383. The van der Waals surface area contributed by atoms with E-state index in [1.165, 1.54) is 4.31 Å². The van der Waals surface area contributed by atoms with Crippen molar-refractivity contribution in [3.05, 3.63) is 60.7 Å². The largest absolute Gasteiger partial charge is 0.465 e. The third-order valence-electron chi connectivity index (χ3n) is 3.90. The molecule has 0 heterocycles. The van der Waals surface area contributed by atoms with E-state index < -0.39 is 22.0 Å². The fraction of sp³-hybridized carbons (Fsp3) is 0.300. The lowest BCUT2D eigenvalue weighted by atomic mass is 10.3. The Morgan fingerprint density at radius 1 is 0.966 bits per heavy atom. The molecule has 9 heteroatoms. The van der Waals surface area contributed by atoms with Gasteiger partial charge in [0.15, 0.2) is 0 Å². The maximum absolute atomic E-state index is 13.1. The molecule has 29 heavy (non-hydrogen) atoms. The smallest absolute Gasteiger partial charge is 0.325 e. The number of amides is 2. The van der Waals surface area contributed by atoms with E-state index in [1.807, 2.05) is 6.07 Å². The number of esters is 1. The highest BCUT2D eigenvalue weighted by Crippen LogP contribution is 2.23. The summed E-state index contributed by atoms with van der Waals surface area (Å²) in [6.45, 7) is 2.12. The molecule has 2 aromatic rings. The van der Waals surface area contributed by atoms with Crippen molar-refractivity contribution in [2.24, 2.45) is 0 Å². The first-order valence-electron chi connectivity index (χ1n) is 9.25. The lowest BCUT2D eigenvalue weighted by Crippen LogP contribution is -2.40. The number of sulfonamides is 1. The number of anilines is 1.